The second-order valence-electron chi connectivity index (χ2n) is 3.47. The number of hydrogen-bond donors (Lipinski definition) is 1. The number of carbonyl (C=O) groups is 1. The molecule has 6 heteroatoms. The zero-order valence-electron chi connectivity index (χ0n) is 9.62. The monoisotopic (exact) mass is 281 g/mol. The Morgan fingerprint density at radius 3 is 3.00 bits per heavy atom. The molecule has 4 nitrogen and oxygen atoms in total. The summed E-state index contributed by atoms with van der Waals surface area (Å²) in [5.74, 6) is -0.139. The van der Waals surface area contributed by atoms with Gasteiger partial charge in [0.1, 0.15) is 16.9 Å². The van der Waals surface area contributed by atoms with Crippen LogP contribution < -0.4 is 4.90 Å². The predicted octanol–water partition coefficient (Wildman–Crippen LogP) is 2.63. The van der Waals surface area contributed by atoms with Crippen LogP contribution in [0.4, 0.5) is 5.69 Å². The molecule has 94 valence electrons. The van der Waals surface area contributed by atoms with Gasteiger partial charge in [-0.05, 0) is 19.1 Å². The lowest BCUT2D eigenvalue weighted by Crippen LogP contribution is -2.27. The molecule has 0 spiro atoms. The van der Waals surface area contributed by atoms with E-state index in [9.17, 15) is 9.90 Å². The van der Waals surface area contributed by atoms with Crippen LogP contribution in [0.5, 0.6) is 5.75 Å². The second-order valence-corrected chi connectivity index (χ2v) is 5.14. The molecule has 1 fully saturated rings. The highest BCUT2D eigenvalue weighted by Crippen LogP contribution is 2.35. The molecule has 0 unspecified atom stereocenters. The first-order chi connectivity index (χ1) is 8.63. The first kappa shape index (κ1) is 12.9. The van der Waals surface area contributed by atoms with Crippen molar-refractivity contribution in [2.45, 2.75) is 6.92 Å². The van der Waals surface area contributed by atoms with Gasteiger partial charge in [0.05, 0.1) is 12.3 Å². The summed E-state index contributed by atoms with van der Waals surface area (Å²) in [4.78, 5) is 13.9. The van der Waals surface area contributed by atoms with Crippen LogP contribution in [0.2, 0.25) is 0 Å². The highest BCUT2D eigenvalue weighted by atomic mass is 32.2. The molecule has 0 radical (unpaired) electrons. The molecule has 1 saturated heterocycles. The van der Waals surface area contributed by atoms with E-state index >= 15 is 0 Å². The second kappa shape index (κ2) is 5.41. The maximum absolute atomic E-state index is 12.1. The van der Waals surface area contributed by atoms with E-state index in [-0.39, 0.29) is 11.7 Å². The lowest BCUT2D eigenvalue weighted by molar-refractivity contribution is -0.113. The fourth-order valence-electron chi connectivity index (χ4n) is 1.46. The van der Waals surface area contributed by atoms with Gasteiger partial charge in [-0.15, -0.1) is 0 Å². The molecular weight excluding hydrogens is 270 g/mol. The van der Waals surface area contributed by atoms with Crippen LogP contribution in [0.25, 0.3) is 0 Å². The van der Waals surface area contributed by atoms with E-state index in [1.54, 1.807) is 12.1 Å². The number of amides is 1. The molecule has 1 N–H and O–H groups in total. The van der Waals surface area contributed by atoms with Crippen LogP contribution in [0.1, 0.15) is 6.92 Å². The highest BCUT2D eigenvalue weighted by molar-refractivity contribution is 8.27. The third-order valence-corrected chi connectivity index (χ3v) is 3.52. The summed E-state index contributed by atoms with van der Waals surface area (Å²) in [5.41, 5.74) is 0.553. The standard InChI is InChI=1S/C12H11NO3S2/c1-2-16-7-10-11(15)13(12(17)18-10)8-4-3-5-9(14)6-8/h3-7,14H,2H2,1H3/b10-7+. The van der Waals surface area contributed by atoms with Crippen molar-refractivity contribution in [3.8, 4) is 5.75 Å². The first-order valence-electron chi connectivity index (χ1n) is 5.30. The van der Waals surface area contributed by atoms with Crippen molar-refractivity contribution in [3.63, 3.8) is 0 Å². The predicted molar refractivity (Wildman–Crippen MR) is 75.5 cm³/mol. The van der Waals surface area contributed by atoms with Gasteiger partial charge in [0.15, 0.2) is 4.32 Å². The van der Waals surface area contributed by atoms with Gasteiger partial charge in [-0.3, -0.25) is 9.69 Å². The molecule has 0 saturated carbocycles. The summed E-state index contributed by atoms with van der Waals surface area (Å²) in [6, 6.07) is 6.41. The average Bonchev–Trinajstić information content (AvgIpc) is 2.62. The first-order valence-corrected chi connectivity index (χ1v) is 6.53. The van der Waals surface area contributed by atoms with Gasteiger partial charge >= 0.3 is 0 Å². The van der Waals surface area contributed by atoms with E-state index < -0.39 is 0 Å². The van der Waals surface area contributed by atoms with E-state index in [2.05, 4.69) is 0 Å². The topological polar surface area (TPSA) is 49.8 Å². The maximum Gasteiger partial charge on any atom is 0.273 e. The van der Waals surface area contributed by atoms with Gasteiger partial charge < -0.3 is 9.84 Å². The van der Waals surface area contributed by atoms with Crippen molar-refractivity contribution >= 4 is 39.9 Å². The van der Waals surface area contributed by atoms with Crippen molar-refractivity contribution in [3.05, 3.63) is 35.4 Å². The number of hydrogen-bond acceptors (Lipinski definition) is 5. The van der Waals surface area contributed by atoms with E-state index in [0.717, 1.165) is 0 Å². The van der Waals surface area contributed by atoms with E-state index in [1.807, 2.05) is 6.92 Å². The summed E-state index contributed by atoms with van der Waals surface area (Å²) in [6.07, 6.45) is 1.42. The zero-order chi connectivity index (χ0) is 13.1. The van der Waals surface area contributed by atoms with Crippen molar-refractivity contribution in [1.82, 2.24) is 0 Å². The molecule has 1 aliphatic rings. The number of aromatic hydroxyl groups is 1. The van der Waals surface area contributed by atoms with Gasteiger partial charge in [-0.2, -0.15) is 0 Å². The van der Waals surface area contributed by atoms with Crippen LogP contribution in [-0.2, 0) is 9.53 Å². The summed E-state index contributed by atoms with van der Waals surface area (Å²) < 4.78 is 5.53. The number of carbonyl (C=O) groups excluding carboxylic acids is 1. The Hall–Kier alpha value is -1.53. The molecule has 0 aromatic heterocycles. The van der Waals surface area contributed by atoms with Crippen LogP contribution in [0.3, 0.4) is 0 Å². The van der Waals surface area contributed by atoms with Gasteiger partial charge in [0.2, 0.25) is 0 Å². The molecule has 0 aliphatic carbocycles. The molecule has 1 amide bonds. The number of benzene rings is 1. The smallest absolute Gasteiger partial charge is 0.273 e. The number of ether oxygens (including phenoxy) is 1. The SMILES string of the molecule is CCO/C=C1/SC(=S)N(c2cccc(O)c2)C1=O. The Kier molecular flexibility index (Phi) is 3.88. The van der Waals surface area contributed by atoms with Crippen LogP contribution in [-0.4, -0.2) is 21.9 Å². The largest absolute Gasteiger partial charge is 0.508 e. The number of phenols is 1. The minimum Gasteiger partial charge on any atom is -0.508 e. The molecular formula is C12H11NO3S2. The lowest BCUT2D eigenvalue weighted by Gasteiger charge is -2.14. The Bertz CT molecular complexity index is 528. The number of anilines is 1. The number of thioether (sulfide) groups is 1. The van der Waals surface area contributed by atoms with Gasteiger partial charge in [0.25, 0.3) is 5.91 Å². The zero-order valence-corrected chi connectivity index (χ0v) is 11.3. The molecule has 1 aromatic carbocycles. The number of nitrogens with zero attached hydrogens (tertiary/aromatic N) is 1. The molecule has 1 aromatic rings. The maximum atomic E-state index is 12.1. The highest BCUT2D eigenvalue weighted by Gasteiger charge is 2.33. The minimum absolute atomic E-state index is 0.0929. The quantitative estimate of drug-likeness (QED) is 0.524. The average molecular weight is 281 g/mol. The Balaban J connectivity index is 2.30. The van der Waals surface area contributed by atoms with Crippen molar-refractivity contribution in [2.24, 2.45) is 0 Å². The van der Waals surface area contributed by atoms with Crippen LogP contribution in [0.15, 0.2) is 35.4 Å². The summed E-state index contributed by atoms with van der Waals surface area (Å²) in [7, 11) is 0. The van der Waals surface area contributed by atoms with Crippen LogP contribution in [0, 0.1) is 0 Å². The molecule has 0 atom stereocenters. The fourth-order valence-corrected chi connectivity index (χ4v) is 2.68. The molecule has 1 heterocycles. The minimum atomic E-state index is -0.232. The van der Waals surface area contributed by atoms with E-state index in [1.165, 1.54) is 35.1 Å². The van der Waals surface area contributed by atoms with Crippen molar-refractivity contribution < 1.29 is 14.6 Å². The molecule has 1 aliphatic heterocycles. The van der Waals surface area contributed by atoms with Crippen LogP contribution >= 0.6 is 24.0 Å². The summed E-state index contributed by atoms with van der Waals surface area (Å²) >= 11 is 6.35. The molecule has 2 rings (SSSR count). The third-order valence-electron chi connectivity index (χ3n) is 2.24. The normalized spacial score (nSPS) is 17.6. The van der Waals surface area contributed by atoms with Crippen molar-refractivity contribution in [1.29, 1.82) is 0 Å². The third kappa shape index (κ3) is 2.49. The van der Waals surface area contributed by atoms with Gasteiger partial charge in [0, 0.05) is 6.07 Å². The Morgan fingerprint density at radius 1 is 1.56 bits per heavy atom. The molecule has 0 bridgehead atoms. The summed E-state index contributed by atoms with van der Waals surface area (Å²) in [5, 5.41) is 9.43. The fraction of sp³-hybridized carbons (Fsp3) is 0.167. The molecule has 18 heavy (non-hydrogen) atoms. The Morgan fingerprint density at radius 2 is 2.33 bits per heavy atom. The van der Waals surface area contributed by atoms with Gasteiger partial charge in [-0.25, -0.2) is 0 Å². The lowest BCUT2D eigenvalue weighted by atomic mass is 10.3. The van der Waals surface area contributed by atoms with E-state index in [4.69, 9.17) is 17.0 Å². The number of rotatable bonds is 3. The Labute approximate surface area is 114 Å². The van der Waals surface area contributed by atoms with E-state index in [0.29, 0.717) is 21.5 Å². The summed E-state index contributed by atoms with van der Waals surface area (Å²) in [6.45, 7) is 2.34. The number of phenolic OH excluding ortho intramolecular Hbond substituents is 1. The van der Waals surface area contributed by atoms with Gasteiger partial charge in [-0.1, -0.05) is 30.0 Å². The number of thiocarbonyl (C=S) groups is 1. The van der Waals surface area contributed by atoms with Crippen molar-refractivity contribution in [2.75, 3.05) is 11.5 Å².